The van der Waals surface area contributed by atoms with Crippen molar-refractivity contribution in [1.29, 1.82) is 0 Å². The summed E-state index contributed by atoms with van der Waals surface area (Å²) < 4.78 is 0. The molecule has 2 aromatic heterocycles. The van der Waals surface area contributed by atoms with Crippen molar-refractivity contribution in [3.63, 3.8) is 0 Å². The minimum absolute atomic E-state index is 0.0699. The topological polar surface area (TPSA) is 105 Å². The fourth-order valence-corrected chi connectivity index (χ4v) is 6.89. The van der Waals surface area contributed by atoms with Gasteiger partial charge in [0.1, 0.15) is 5.69 Å². The van der Waals surface area contributed by atoms with Crippen LogP contribution in [-0.4, -0.2) is 31.9 Å². The molecule has 0 fully saturated rings. The molecule has 236 valence electrons. The molecule has 1 amide bonds. The third-order valence-corrected chi connectivity index (χ3v) is 9.33. The highest BCUT2D eigenvalue weighted by molar-refractivity contribution is 6.09. The predicted molar refractivity (Wildman–Crippen MR) is 191 cm³/mol. The molecule has 2 heterocycles. The first-order chi connectivity index (χ1) is 23.3. The number of hydrogen-bond acceptors (Lipinski definition) is 5. The minimum atomic E-state index is -0.911. The van der Waals surface area contributed by atoms with Gasteiger partial charge < -0.3 is 10.4 Å². The van der Waals surface area contributed by atoms with Gasteiger partial charge in [0.2, 0.25) is 0 Å². The molecular formula is C41H34N4O3. The van der Waals surface area contributed by atoms with E-state index in [9.17, 15) is 9.59 Å². The van der Waals surface area contributed by atoms with Crippen LogP contribution in [0.25, 0.3) is 32.4 Å². The average Bonchev–Trinajstić information content (AvgIpc) is 3.11. The Hall–Kier alpha value is -5.95. The Bertz CT molecular complexity index is 2320. The molecule has 48 heavy (non-hydrogen) atoms. The molecule has 0 saturated heterocycles. The standard InChI is InChI=1S/C31H27N3O.C10H7NO2/c1-31(2)18-27-21(11-13-25-24-9-4-3-6-20(24)10-12-26(25)27)17-28(31)22-7-5-8-23(16-22)34-30(35)29-19-32-14-15-33-29;12-10(13)8-3-4-9-7(6-8)2-1-5-11-9/h3-16,19,28H,17-18H2,1-2H3,(H,34,35);1-6H,(H,12,13). The van der Waals surface area contributed by atoms with E-state index in [0.29, 0.717) is 17.2 Å². The van der Waals surface area contributed by atoms with Crippen LogP contribution in [0.4, 0.5) is 5.69 Å². The number of carboxylic acids is 1. The van der Waals surface area contributed by atoms with Crippen molar-refractivity contribution in [1.82, 2.24) is 15.0 Å². The largest absolute Gasteiger partial charge is 0.478 e. The summed E-state index contributed by atoms with van der Waals surface area (Å²) in [4.78, 5) is 35.4. The van der Waals surface area contributed by atoms with Crippen LogP contribution in [0.1, 0.15) is 57.3 Å². The first kappa shape index (κ1) is 30.7. The van der Waals surface area contributed by atoms with Gasteiger partial charge in [-0.15, -0.1) is 0 Å². The van der Waals surface area contributed by atoms with Gasteiger partial charge in [-0.2, -0.15) is 0 Å². The van der Waals surface area contributed by atoms with Gasteiger partial charge in [0.25, 0.3) is 5.91 Å². The summed E-state index contributed by atoms with van der Waals surface area (Å²) in [6.07, 6.45) is 8.24. The smallest absolute Gasteiger partial charge is 0.335 e. The van der Waals surface area contributed by atoms with E-state index in [1.54, 1.807) is 36.7 Å². The van der Waals surface area contributed by atoms with Crippen molar-refractivity contribution in [2.45, 2.75) is 32.6 Å². The molecule has 0 spiro atoms. The Kier molecular flexibility index (Phi) is 8.11. The van der Waals surface area contributed by atoms with Gasteiger partial charge in [0.05, 0.1) is 17.3 Å². The zero-order chi connectivity index (χ0) is 33.3. The highest BCUT2D eigenvalue weighted by Gasteiger charge is 2.37. The number of aromatic nitrogens is 3. The molecule has 1 aliphatic carbocycles. The maximum absolute atomic E-state index is 12.6. The molecule has 0 radical (unpaired) electrons. The fraction of sp³-hybridized carbons (Fsp3) is 0.146. The maximum atomic E-state index is 12.6. The lowest BCUT2D eigenvalue weighted by atomic mass is 9.63. The number of aromatic carboxylic acids is 1. The van der Waals surface area contributed by atoms with E-state index < -0.39 is 5.97 Å². The Morgan fingerprint density at radius 3 is 2.44 bits per heavy atom. The van der Waals surface area contributed by atoms with E-state index in [0.717, 1.165) is 29.4 Å². The lowest BCUT2D eigenvalue weighted by Gasteiger charge is -2.41. The third kappa shape index (κ3) is 6.10. The molecule has 5 aromatic carbocycles. The highest BCUT2D eigenvalue weighted by Crippen LogP contribution is 2.48. The molecule has 1 unspecified atom stereocenters. The molecule has 0 bridgehead atoms. The number of carboxylic acid groups (broad SMARTS) is 1. The van der Waals surface area contributed by atoms with Crippen LogP contribution in [0.3, 0.4) is 0 Å². The molecular weight excluding hydrogens is 596 g/mol. The predicted octanol–water partition coefficient (Wildman–Crippen LogP) is 8.88. The van der Waals surface area contributed by atoms with Gasteiger partial charge in [-0.3, -0.25) is 14.8 Å². The first-order valence-corrected chi connectivity index (χ1v) is 15.9. The number of rotatable bonds is 4. The molecule has 1 atom stereocenters. The quantitative estimate of drug-likeness (QED) is 0.188. The van der Waals surface area contributed by atoms with Crippen LogP contribution < -0.4 is 5.32 Å². The van der Waals surface area contributed by atoms with Crippen LogP contribution >= 0.6 is 0 Å². The molecule has 7 heteroatoms. The van der Waals surface area contributed by atoms with Gasteiger partial charge in [-0.25, -0.2) is 9.78 Å². The Balaban J connectivity index is 0.000000235. The lowest BCUT2D eigenvalue weighted by molar-refractivity contribution is 0.0696. The number of benzene rings is 5. The van der Waals surface area contributed by atoms with Crippen LogP contribution in [0, 0.1) is 5.41 Å². The van der Waals surface area contributed by atoms with E-state index in [1.807, 2.05) is 18.2 Å². The Labute approximate surface area is 278 Å². The number of fused-ring (bicyclic) bond motifs is 6. The van der Waals surface area contributed by atoms with Gasteiger partial charge in [0.15, 0.2) is 0 Å². The average molecular weight is 631 g/mol. The fourth-order valence-electron chi connectivity index (χ4n) is 6.89. The van der Waals surface area contributed by atoms with E-state index in [1.165, 1.54) is 50.6 Å². The van der Waals surface area contributed by atoms with Crippen molar-refractivity contribution in [3.05, 3.63) is 156 Å². The van der Waals surface area contributed by atoms with Gasteiger partial charge >= 0.3 is 5.97 Å². The van der Waals surface area contributed by atoms with Crippen molar-refractivity contribution in [2.75, 3.05) is 5.32 Å². The number of carbonyl (C=O) groups excluding carboxylic acids is 1. The number of anilines is 1. The zero-order valence-electron chi connectivity index (χ0n) is 26.7. The minimum Gasteiger partial charge on any atom is -0.478 e. The van der Waals surface area contributed by atoms with Gasteiger partial charge in [0, 0.05) is 29.7 Å². The number of carbonyl (C=O) groups is 2. The number of nitrogens with one attached hydrogen (secondary N) is 1. The van der Waals surface area contributed by atoms with E-state index in [4.69, 9.17) is 5.11 Å². The van der Waals surface area contributed by atoms with Crippen LogP contribution in [0.15, 0.2) is 128 Å². The third-order valence-electron chi connectivity index (χ3n) is 9.33. The van der Waals surface area contributed by atoms with E-state index in [2.05, 4.69) is 94.8 Å². The van der Waals surface area contributed by atoms with Gasteiger partial charge in [-0.1, -0.05) is 80.6 Å². The highest BCUT2D eigenvalue weighted by atomic mass is 16.4. The van der Waals surface area contributed by atoms with Crippen LogP contribution in [0.2, 0.25) is 0 Å². The maximum Gasteiger partial charge on any atom is 0.335 e. The number of hydrogen-bond donors (Lipinski definition) is 2. The Morgan fingerprint density at radius 2 is 1.60 bits per heavy atom. The first-order valence-electron chi connectivity index (χ1n) is 15.9. The molecule has 7 nitrogen and oxygen atoms in total. The summed E-state index contributed by atoms with van der Waals surface area (Å²) >= 11 is 0. The van der Waals surface area contributed by atoms with Crippen LogP contribution in [-0.2, 0) is 12.8 Å². The van der Waals surface area contributed by atoms with E-state index >= 15 is 0 Å². The molecule has 1 aliphatic rings. The molecule has 2 N–H and O–H groups in total. The van der Waals surface area contributed by atoms with Crippen molar-refractivity contribution < 1.29 is 14.7 Å². The second-order valence-corrected chi connectivity index (χ2v) is 12.9. The second-order valence-electron chi connectivity index (χ2n) is 12.9. The zero-order valence-corrected chi connectivity index (χ0v) is 26.7. The van der Waals surface area contributed by atoms with Gasteiger partial charge in [-0.05, 0) is 98.8 Å². The SMILES string of the molecule is CC1(C)Cc2c(ccc3c2ccc2ccccc23)CC1c1cccc(NC(=O)c2cnccn2)c1.O=C(O)c1ccc2ncccc2c1. The Morgan fingerprint density at radius 1 is 0.771 bits per heavy atom. The monoisotopic (exact) mass is 630 g/mol. The summed E-state index contributed by atoms with van der Waals surface area (Å²) in [6, 6.07) is 34.6. The number of nitrogens with zero attached hydrogens (tertiary/aromatic N) is 3. The van der Waals surface area contributed by atoms with Crippen molar-refractivity contribution >= 4 is 50.0 Å². The van der Waals surface area contributed by atoms with Crippen LogP contribution in [0.5, 0.6) is 0 Å². The summed E-state index contributed by atoms with van der Waals surface area (Å²) in [5.41, 5.74) is 6.41. The molecule has 0 saturated carbocycles. The summed E-state index contributed by atoms with van der Waals surface area (Å²) in [5, 5.41) is 17.9. The lowest BCUT2D eigenvalue weighted by Crippen LogP contribution is -2.31. The number of pyridine rings is 1. The van der Waals surface area contributed by atoms with Crippen molar-refractivity contribution in [2.24, 2.45) is 5.41 Å². The molecule has 8 rings (SSSR count). The molecule has 0 aliphatic heterocycles. The normalized spacial score (nSPS) is 14.9. The summed E-state index contributed by atoms with van der Waals surface area (Å²) in [7, 11) is 0. The second kappa shape index (κ2) is 12.7. The summed E-state index contributed by atoms with van der Waals surface area (Å²) in [6.45, 7) is 4.73. The number of amides is 1. The summed E-state index contributed by atoms with van der Waals surface area (Å²) in [5.74, 6) is -0.811. The molecule has 7 aromatic rings. The van der Waals surface area contributed by atoms with E-state index in [-0.39, 0.29) is 11.3 Å². The van der Waals surface area contributed by atoms with Crippen molar-refractivity contribution in [3.8, 4) is 0 Å².